The third-order valence-electron chi connectivity index (χ3n) is 3.19. The number of amides is 1. The molecule has 6 heteroatoms. The van der Waals surface area contributed by atoms with Crippen LogP contribution in [0.5, 0.6) is 5.75 Å². The Hall–Kier alpha value is -2.89. The van der Waals surface area contributed by atoms with E-state index in [4.69, 9.17) is 5.41 Å². The number of allylic oxidation sites excluding steroid dienone is 4. The molecular formula is C16H18N4O2. The molecule has 1 aromatic carbocycles. The van der Waals surface area contributed by atoms with Crippen LogP contribution < -0.4 is 10.3 Å². The van der Waals surface area contributed by atoms with Crippen molar-refractivity contribution in [3.8, 4) is 5.75 Å². The molecule has 0 fully saturated rings. The van der Waals surface area contributed by atoms with Crippen LogP contribution in [-0.4, -0.2) is 29.0 Å². The van der Waals surface area contributed by atoms with E-state index in [9.17, 15) is 9.90 Å². The molecule has 3 N–H and O–H groups in total. The highest BCUT2D eigenvalue weighted by Crippen LogP contribution is 2.29. The molecule has 2 rings (SSSR count). The average Bonchev–Trinajstić information content (AvgIpc) is 2.48. The molecule has 1 amide bonds. The number of hydrogen-bond acceptors (Lipinski definition) is 5. The van der Waals surface area contributed by atoms with Crippen molar-refractivity contribution in [1.82, 2.24) is 0 Å². The molecule has 6 nitrogen and oxygen atoms in total. The Morgan fingerprint density at radius 2 is 2.09 bits per heavy atom. The molecule has 114 valence electrons. The van der Waals surface area contributed by atoms with Gasteiger partial charge in [-0.2, -0.15) is 5.10 Å². The summed E-state index contributed by atoms with van der Waals surface area (Å²) in [6.45, 7) is 3.87. The number of hydrazone groups is 1. The van der Waals surface area contributed by atoms with Crippen LogP contribution >= 0.6 is 0 Å². The first-order valence-corrected chi connectivity index (χ1v) is 6.91. The number of phenols is 1. The minimum absolute atomic E-state index is 0.0107. The number of phenolic OH excluding ortho intramolecular Hbond substituents is 1. The van der Waals surface area contributed by atoms with Gasteiger partial charge in [-0.05, 0) is 31.2 Å². The predicted molar refractivity (Wildman–Crippen MR) is 88.9 cm³/mol. The number of nitrogens with zero attached hydrogens (tertiary/aromatic N) is 2. The molecule has 0 atom stereocenters. The molecule has 0 saturated carbocycles. The number of carbonyl (C=O) groups excluding carboxylic acids is 1. The Kier molecular flexibility index (Phi) is 4.73. The largest absolute Gasteiger partial charge is 0.506 e. The summed E-state index contributed by atoms with van der Waals surface area (Å²) in [6.07, 6.45) is 6.88. The van der Waals surface area contributed by atoms with Crippen LogP contribution in [0.25, 0.3) is 0 Å². The third kappa shape index (κ3) is 3.41. The van der Waals surface area contributed by atoms with Gasteiger partial charge in [0.2, 0.25) is 5.91 Å². The van der Waals surface area contributed by atoms with E-state index in [1.54, 1.807) is 41.3 Å². The summed E-state index contributed by atoms with van der Waals surface area (Å²) in [7, 11) is 0. The van der Waals surface area contributed by atoms with Gasteiger partial charge in [-0.15, -0.1) is 0 Å². The van der Waals surface area contributed by atoms with E-state index < -0.39 is 0 Å². The molecule has 0 saturated heterocycles. The summed E-state index contributed by atoms with van der Waals surface area (Å²) in [4.78, 5) is 13.1. The second kappa shape index (κ2) is 6.71. The smallest absolute Gasteiger partial charge is 0.223 e. The van der Waals surface area contributed by atoms with Crippen molar-refractivity contribution in [3.63, 3.8) is 0 Å². The molecule has 0 bridgehead atoms. The molecule has 1 aromatic rings. The highest BCUT2D eigenvalue weighted by atomic mass is 16.3. The Morgan fingerprint density at radius 3 is 2.68 bits per heavy atom. The number of hydrogen-bond donors (Lipinski definition) is 3. The fraction of sp³-hybridized carbons (Fsp3) is 0.188. The first kappa shape index (κ1) is 15.5. The summed E-state index contributed by atoms with van der Waals surface area (Å²) in [6, 6.07) is 4.89. The van der Waals surface area contributed by atoms with Crippen molar-refractivity contribution in [2.75, 3.05) is 16.9 Å². The van der Waals surface area contributed by atoms with Crippen LogP contribution in [0.15, 0.2) is 47.6 Å². The van der Waals surface area contributed by atoms with Crippen LogP contribution in [-0.2, 0) is 4.79 Å². The van der Waals surface area contributed by atoms with Crippen LogP contribution in [0.2, 0.25) is 0 Å². The molecule has 0 spiro atoms. The van der Waals surface area contributed by atoms with Gasteiger partial charge in [0.25, 0.3) is 0 Å². The number of rotatable bonds is 4. The normalized spacial score (nSPS) is 15.2. The summed E-state index contributed by atoms with van der Waals surface area (Å²) in [5.74, 6) is -0.0983. The topological polar surface area (TPSA) is 88.8 Å². The number of anilines is 2. The van der Waals surface area contributed by atoms with Gasteiger partial charge in [-0.3, -0.25) is 15.6 Å². The number of carbonyl (C=O) groups is 1. The van der Waals surface area contributed by atoms with E-state index >= 15 is 0 Å². The Morgan fingerprint density at radius 1 is 1.36 bits per heavy atom. The van der Waals surface area contributed by atoms with Crippen molar-refractivity contribution in [3.05, 3.63) is 42.5 Å². The lowest BCUT2D eigenvalue weighted by atomic mass is 10.1. The van der Waals surface area contributed by atoms with Crippen LogP contribution in [0.1, 0.15) is 13.8 Å². The lowest BCUT2D eigenvalue weighted by molar-refractivity contribution is -0.116. The standard InChI is InChI=1S/C16H18N4O2/c1-3-20(11(2)21)12-8-9-15(16(22)10-12)19-18-14-7-5-4-6-13(14)17/h4-10,17,19,22H,3H2,1-2H3/b17-13?,18-14-. The molecule has 22 heavy (non-hydrogen) atoms. The van der Waals surface area contributed by atoms with Crippen molar-refractivity contribution >= 4 is 28.7 Å². The van der Waals surface area contributed by atoms with Gasteiger partial charge in [-0.25, -0.2) is 0 Å². The zero-order valence-electron chi connectivity index (χ0n) is 12.5. The quantitative estimate of drug-likeness (QED) is 0.453. The Labute approximate surface area is 129 Å². The first-order chi connectivity index (χ1) is 10.5. The summed E-state index contributed by atoms with van der Waals surface area (Å²) in [5, 5.41) is 21.9. The number of nitrogens with one attached hydrogen (secondary N) is 2. The minimum Gasteiger partial charge on any atom is -0.506 e. The zero-order valence-corrected chi connectivity index (χ0v) is 12.5. The van der Waals surface area contributed by atoms with Crippen molar-refractivity contribution in [2.45, 2.75) is 13.8 Å². The zero-order chi connectivity index (χ0) is 16.1. The lowest BCUT2D eigenvalue weighted by Crippen LogP contribution is -2.27. The van der Waals surface area contributed by atoms with Gasteiger partial charge < -0.3 is 10.0 Å². The summed E-state index contributed by atoms with van der Waals surface area (Å²) >= 11 is 0. The number of aromatic hydroxyl groups is 1. The van der Waals surface area contributed by atoms with Gasteiger partial charge in [-0.1, -0.05) is 12.2 Å². The molecule has 0 aromatic heterocycles. The Bertz CT molecular complexity index is 689. The maximum Gasteiger partial charge on any atom is 0.223 e. The SMILES string of the molecule is CCN(C(C)=O)c1ccc(N/N=C2/C=CC=CC2=N)c(O)c1. The average molecular weight is 298 g/mol. The predicted octanol–water partition coefficient (Wildman–Crippen LogP) is 2.68. The summed E-state index contributed by atoms with van der Waals surface area (Å²) < 4.78 is 0. The van der Waals surface area contributed by atoms with E-state index in [1.165, 1.54) is 13.0 Å². The molecule has 0 aliphatic heterocycles. The second-order valence-electron chi connectivity index (χ2n) is 4.71. The summed E-state index contributed by atoms with van der Waals surface area (Å²) in [5.41, 5.74) is 4.54. The van der Waals surface area contributed by atoms with Crippen molar-refractivity contribution in [1.29, 1.82) is 5.41 Å². The maximum atomic E-state index is 11.5. The van der Waals surface area contributed by atoms with Gasteiger partial charge in [0.15, 0.2) is 0 Å². The fourth-order valence-corrected chi connectivity index (χ4v) is 2.06. The Balaban J connectivity index is 2.18. The molecular weight excluding hydrogens is 280 g/mol. The second-order valence-corrected chi connectivity index (χ2v) is 4.71. The third-order valence-corrected chi connectivity index (χ3v) is 3.19. The van der Waals surface area contributed by atoms with Crippen LogP contribution in [0.4, 0.5) is 11.4 Å². The van der Waals surface area contributed by atoms with Crippen molar-refractivity contribution in [2.24, 2.45) is 5.10 Å². The monoisotopic (exact) mass is 298 g/mol. The van der Waals surface area contributed by atoms with E-state index in [0.29, 0.717) is 29.3 Å². The molecule has 1 aliphatic carbocycles. The maximum absolute atomic E-state index is 11.5. The minimum atomic E-state index is -0.0876. The van der Waals surface area contributed by atoms with E-state index in [0.717, 1.165) is 0 Å². The van der Waals surface area contributed by atoms with Crippen molar-refractivity contribution < 1.29 is 9.90 Å². The first-order valence-electron chi connectivity index (χ1n) is 6.91. The number of benzene rings is 1. The molecule has 0 heterocycles. The van der Waals surface area contributed by atoms with E-state index in [1.807, 2.05) is 6.92 Å². The highest BCUT2D eigenvalue weighted by molar-refractivity contribution is 6.50. The van der Waals surface area contributed by atoms with E-state index in [-0.39, 0.29) is 11.7 Å². The fourth-order valence-electron chi connectivity index (χ4n) is 2.06. The van der Waals surface area contributed by atoms with Gasteiger partial charge >= 0.3 is 0 Å². The highest BCUT2D eigenvalue weighted by Gasteiger charge is 2.11. The van der Waals surface area contributed by atoms with Crippen LogP contribution in [0.3, 0.4) is 0 Å². The van der Waals surface area contributed by atoms with Gasteiger partial charge in [0, 0.05) is 25.2 Å². The van der Waals surface area contributed by atoms with Gasteiger partial charge in [0.1, 0.15) is 11.5 Å². The molecule has 0 unspecified atom stereocenters. The van der Waals surface area contributed by atoms with Gasteiger partial charge in [0.05, 0.1) is 11.4 Å². The van der Waals surface area contributed by atoms with E-state index in [2.05, 4.69) is 10.5 Å². The lowest BCUT2D eigenvalue weighted by Gasteiger charge is -2.19. The molecule has 0 radical (unpaired) electrons. The molecule has 1 aliphatic rings. The van der Waals surface area contributed by atoms with Crippen LogP contribution in [0, 0.1) is 5.41 Å².